The molecule has 0 amide bonds. The summed E-state index contributed by atoms with van der Waals surface area (Å²) in [6.45, 7) is 0. The monoisotopic (exact) mass is 262 g/mol. The molecule has 0 radical (unpaired) electrons. The first-order valence-corrected chi connectivity index (χ1v) is 7.68. The Labute approximate surface area is 114 Å². The normalized spacial score (nSPS) is 23.5. The highest BCUT2D eigenvalue weighted by atomic mass is 16.5. The number of rotatable bonds is 2. The number of hydrogen-bond acceptors (Lipinski definition) is 4. The number of carbonyl (C=O) groups is 1. The van der Waals surface area contributed by atoms with Crippen LogP contribution in [0.2, 0.25) is 0 Å². The average Bonchev–Trinajstić information content (AvgIpc) is 2.76. The van der Waals surface area contributed by atoms with Crippen molar-refractivity contribution < 1.29 is 9.32 Å². The van der Waals surface area contributed by atoms with E-state index < -0.39 is 0 Å². The van der Waals surface area contributed by atoms with E-state index in [2.05, 4.69) is 10.1 Å². The summed E-state index contributed by atoms with van der Waals surface area (Å²) < 4.78 is 5.46. The Kier molecular flexibility index (Phi) is 3.95. The second-order valence-electron chi connectivity index (χ2n) is 5.99. The van der Waals surface area contributed by atoms with Crippen molar-refractivity contribution in [1.82, 2.24) is 10.1 Å². The molecule has 2 saturated carbocycles. The Morgan fingerprint density at radius 2 is 1.58 bits per heavy atom. The Morgan fingerprint density at radius 3 is 2.26 bits per heavy atom. The molecule has 19 heavy (non-hydrogen) atoms. The minimum Gasteiger partial charge on any atom is -0.339 e. The fourth-order valence-corrected chi connectivity index (χ4v) is 3.30. The molecule has 104 valence electrons. The predicted molar refractivity (Wildman–Crippen MR) is 71.0 cm³/mol. The standard InChI is InChI=1S/C15H22N2O2/c18-13-9-7-12(8-10-13)15-16-14(17-19-15)11-5-3-1-2-4-6-11/h11-12H,1-10H2. The van der Waals surface area contributed by atoms with Crippen molar-refractivity contribution >= 4 is 5.78 Å². The lowest BCUT2D eigenvalue weighted by atomic mass is 9.88. The summed E-state index contributed by atoms with van der Waals surface area (Å²) in [5.74, 6) is 2.86. The zero-order chi connectivity index (χ0) is 13.1. The van der Waals surface area contributed by atoms with Crippen molar-refractivity contribution in [3.05, 3.63) is 11.7 Å². The molecule has 0 aliphatic heterocycles. The second kappa shape index (κ2) is 5.85. The van der Waals surface area contributed by atoms with Gasteiger partial charge in [0, 0.05) is 24.7 Å². The van der Waals surface area contributed by atoms with Crippen LogP contribution in [0.3, 0.4) is 0 Å². The first-order valence-electron chi connectivity index (χ1n) is 7.68. The molecule has 2 aliphatic carbocycles. The highest BCUT2D eigenvalue weighted by molar-refractivity contribution is 5.79. The molecule has 1 heterocycles. The summed E-state index contributed by atoms with van der Waals surface area (Å²) in [6.07, 6.45) is 10.7. The molecular weight excluding hydrogens is 240 g/mol. The molecule has 0 aromatic carbocycles. The maximum atomic E-state index is 11.3. The highest BCUT2D eigenvalue weighted by Crippen LogP contribution is 2.33. The molecule has 2 aliphatic rings. The lowest BCUT2D eigenvalue weighted by Gasteiger charge is -2.16. The summed E-state index contributed by atoms with van der Waals surface area (Å²) in [6, 6.07) is 0. The van der Waals surface area contributed by atoms with Gasteiger partial charge in [-0.15, -0.1) is 0 Å². The maximum Gasteiger partial charge on any atom is 0.229 e. The van der Waals surface area contributed by atoms with Crippen molar-refractivity contribution in [1.29, 1.82) is 0 Å². The first kappa shape index (κ1) is 12.8. The third-order valence-electron chi connectivity index (χ3n) is 4.57. The van der Waals surface area contributed by atoms with Gasteiger partial charge in [-0.2, -0.15) is 4.98 Å². The minimum atomic E-state index is 0.310. The van der Waals surface area contributed by atoms with Gasteiger partial charge in [0.05, 0.1) is 0 Å². The fraction of sp³-hybridized carbons (Fsp3) is 0.800. The van der Waals surface area contributed by atoms with Crippen LogP contribution in [0.25, 0.3) is 0 Å². The van der Waals surface area contributed by atoms with E-state index in [1.807, 2.05) is 0 Å². The molecule has 0 unspecified atom stereocenters. The minimum absolute atomic E-state index is 0.310. The van der Waals surface area contributed by atoms with Crippen molar-refractivity contribution in [2.24, 2.45) is 0 Å². The van der Waals surface area contributed by atoms with Crippen molar-refractivity contribution in [2.75, 3.05) is 0 Å². The van der Waals surface area contributed by atoms with Crippen molar-refractivity contribution in [2.45, 2.75) is 76.0 Å². The van der Waals surface area contributed by atoms with Crippen LogP contribution in [-0.2, 0) is 4.79 Å². The van der Waals surface area contributed by atoms with Crippen LogP contribution in [0.15, 0.2) is 4.52 Å². The molecule has 0 bridgehead atoms. The lowest BCUT2D eigenvalue weighted by Crippen LogP contribution is -2.12. The number of aromatic nitrogens is 2. The van der Waals surface area contributed by atoms with Gasteiger partial charge in [-0.05, 0) is 25.7 Å². The molecule has 3 rings (SSSR count). The quantitative estimate of drug-likeness (QED) is 0.762. The summed E-state index contributed by atoms with van der Waals surface area (Å²) in [5.41, 5.74) is 0. The van der Waals surface area contributed by atoms with Gasteiger partial charge in [-0.1, -0.05) is 30.8 Å². The summed E-state index contributed by atoms with van der Waals surface area (Å²) in [5, 5.41) is 4.20. The molecule has 0 saturated heterocycles. The number of hydrogen-bond donors (Lipinski definition) is 0. The van der Waals surface area contributed by atoms with Gasteiger partial charge in [0.25, 0.3) is 0 Å². The van der Waals surface area contributed by atoms with E-state index in [1.165, 1.54) is 38.5 Å². The first-order chi connectivity index (χ1) is 9.33. The fourth-order valence-electron chi connectivity index (χ4n) is 3.30. The van der Waals surface area contributed by atoms with E-state index in [0.717, 1.165) is 24.6 Å². The SMILES string of the molecule is O=C1CCC(c2nc(C3CCCCCC3)no2)CC1. The molecule has 2 fully saturated rings. The zero-order valence-electron chi connectivity index (χ0n) is 11.4. The third-order valence-corrected chi connectivity index (χ3v) is 4.57. The Morgan fingerprint density at radius 1 is 0.895 bits per heavy atom. The number of Topliss-reactive ketones (excluding diaryl/α,β-unsaturated/α-hetero) is 1. The van der Waals surface area contributed by atoms with E-state index in [-0.39, 0.29) is 0 Å². The molecular formula is C15H22N2O2. The molecule has 1 aromatic heterocycles. The predicted octanol–water partition coefficient (Wildman–Crippen LogP) is 3.73. The van der Waals surface area contributed by atoms with E-state index in [0.29, 0.717) is 30.5 Å². The van der Waals surface area contributed by atoms with Gasteiger partial charge < -0.3 is 4.52 Å². The topological polar surface area (TPSA) is 56.0 Å². The van der Waals surface area contributed by atoms with Crippen LogP contribution in [-0.4, -0.2) is 15.9 Å². The number of carbonyl (C=O) groups excluding carboxylic acids is 1. The van der Waals surface area contributed by atoms with Gasteiger partial charge in [0.15, 0.2) is 5.82 Å². The van der Waals surface area contributed by atoms with Crippen LogP contribution in [0.4, 0.5) is 0 Å². The van der Waals surface area contributed by atoms with Gasteiger partial charge in [0.1, 0.15) is 5.78 Å². The molecule has 4 heteroatoms. The molecule has 0 atom stereocenters. The van der Waals surface area contributed by atoms with Crippen molar-refractivity contribution in [3.8, 4) is 0 Å². The van der Waals surface area contributed by atoms with E-state index >= 15 is 0 Å². The summed E-state index contributed by atoms with van der Waals surface area (Å²) >= 11 is 0. The van der Waals surface area contributed by atoms with Gasteiger partial charge in [-0.25, -0.2) is 0 Å². The largest absolute Gasteiger partial charge is 0.339 e. The van der Waals surface area contributed by atoms with Crippen LogP contribution < -0.4 is 0 Å². The molecule has 4 nitrogen and oxygen atoms in total. The van der Waals surface area contributed by atoms with Gasteiger partial charge in [-0.3, -0.25) is 4.79 Å². The Bertz CT molecular complexity index is 423. The zero-order valence-corrected chi connectivity index (χ0v) is 11.4. The Balaban J connectivity index is 1.66. The highest BCUT2D eigenvalue weighted by Gasteiger charge is 2.27. The van der Waals surface area contributed by atoms with Crippen LogP contribution >= 0.6 is 0 Å². The number of nitrogens with zero attached hydrogens (tertiary/aromatic N) is 2. The summed E-state index contributed by atoms with van der Waals surface area (Å²) in [7, 11) is 0. The van der Waals surface area contributed by atoms with E-state index in [1.54, 1.807) is 0 Å². The van der Waals surface area contributed by atoms with Crippen molar-refractivity contribution in [3.63, 3.8) is 0 Å². The van der Waals surface area contributed by atoms with E-state index in [4.69, 9.17) is 4.52 Å². The average molecular weight is 262 g/mol. The van der Waals surface area contributed by atoms with E-state index in [9.17, 15) is 4.79 Å². The second-order valence-corrected chi connectivity index (χ2v) is 5.99. The van der Waals surface area contributed by atoms with Gasteiger partial charge in [0.2, 0.25) is 5.89 Å². The lowest BCUT2D eigenvalue weighted by molar-refractivity contribution is -0.120. The molecule has 1 aromatic rings. The summed E-state index contributed by atoms with van der Waals surface area (Å²) in [4.78, 5) is 15.9. The van der Waals surface area contributed by atoms with Crippen LogP contribution in [0.1, 0.15) is 87.8 Å². The molecule has 0 spiro atoms. The maximum absolute atomic E-state index is 11.3. The third kappa shape index (κ3) is 3.04. The van der Waals surface area contributed by atoms with Gasteiger partial charge >= 0.3 is 0 Å². The molecule has 0 N–H and O–H groups in total. The van der Waals surface area contributed by atoms with Crippen LogP contribution in [0.5, 0.6) is 0 Å². The van der Waals surface area contributed by atoms with Crippen LogP contribution in [0, 0.1) is 0 Å². The number of ketones is 1. The smallest absolute Gasteiger partial charge is 0.229 e. The Hall–Kier alpha value is -1.19.